The summed E-state index contributed by atoms with van der Waals surface area (Å²) in [6.45, 7) is 6.08. The quantitative estimate of drug-likeness (QED) is 0.859. The number of para-hydroxylation sites is 2. The van der Waals surface area contributed by atoms with Gasteiger partial charge in [0.1, 0.15) is 5.75 Å². The van der Waals surface area contributed by atoms with Crippen LogP contribution in [0.2, 0.25) is 0 Å². The van der Waals surface area contributed by atoms with Gasteiger partial charge in [-0.25, -0.2) is 0 Å². The largest absolute Gasteiger partial charge is 0.492 e. The van der Waals surface area contributed by atoms with Crippen molar-refractivity contribution in [3.63, 3.8) is 0 Å². The van der Waals surface area contributed by atoms with Crippen LogP contribution in [-0.4, -0.2) is 46.0 Å². The molecule has 1 atom stereocenters. The van der Waals surface area contributed by atoms with Crippen molar-refractivity contribution in [1.29, 1.82) is 0 Å². The van der Waals surface area contributed by atoms with E-state index in [1.165, 1.54) is 5.69 Å². The van der Waals surface area contributed by atoms with Crippen molar-refractivity contribution in [2.24, 2.45) is 0 Å². The highest BCUT2D eigenvalue weighted by Crippen LogP contribution is 2.30. The van der Waals surface area contributed by atoms with Gasteiger partial charge in [0, 0.05) is 13.1 Å². The zero-order chi connectivity index (χ0) is 12.8. The van der Waals surface area contributed by atoms with Crippen molar-refractivity contribution >= 4 is 5.69 Å². The highest BCUT2D eigenvalue weighted by Gasteiger charge is 2.24. The van der Waals surface area contributed by atoms with E-state index in [0.717, 1.165) is 32.1 Å². The smallest absolute Gasteiger partial charge is 0.142 e. The fourth-order valence-electron chi connectivity index (χ4n) is 2.35. The molecule has 1 N–H and O–H groups in total. The number of hydrogen-bond donors (Lipinski definition) is 1. The Bertz CT molecular complexity index is 369. The van der Waals surface area contributed by atoms with E-state index in [2.05, 4.69) is 22.3 Å². The maximum Gasteiger partial charge on any atom is 0.142 e. The molecule has 1 aromatic rings. The Morgan fingerprint density at radius 1 is 1.44 bits per heavy atom. The van der Waals surface area contributed by atoms with Crippen molar-refractivity contribution < 1.29 is 9.47 Å². The van der Waals surface area contributed by atoms with E-state index >= 15 is 0 Å². The van der Waals surface area contributed by atoms with E-state index in [1.807, 2.05) is 26.1 Å². The molecule has 2 rings (SSSR count). The second kappa shape index (κ2) is 6.61. The summed E-state index contributed by atoms with van der Waals surface area (Å²) in [6, 6.07) is 8.60. The number of rotatable bonds is 5. The Morgan fingerprint density at radius 2 is 2.28 bits per heavy atom. The molecule has 1 saturated heterocycles. The van der Waals surface area contributed by atoms with E-state index in [1.54, 1.807) is 0 Å². The number of likely N-dealkylation sites (N-methyl/N-ethyl adjacent to an activating group) is 1. The highest BCUT2D eigenvalue weighted by atomic mass is 16.5. The third kappa shape index (κ3) is 2.94. The molecule has 1 aliphatic rings. The number of hydrogen-bond acceptors (Lipinski definition) is 4. The number of morpholine rings is 1. The molecule has 0 aromatic heterocycles. The minimum atomic E-state index is 0.366. The van der Waals surface area contributed by atoms with Crippen LogP contribution in [0.15, 0.2) is 24.3 Å². The SMILES string of the molecule is CCOc1ccccc1N1CCOCC1CNC. The average molecular weight is 250 g/mol. The molecule has 18 heavy (non-hydrogen) atoms. The minimum Gasteiger partial charge on any atom is -0.492 e. The number of nitrogens with zero attached hydrogens (tertiary/aromatic N) is 1. The van der Waals surface area contributed by atoms with Gasteiger partial charge in [0.25, 0.3) is 0 Å². The van der Waals surface area contributed by atoms with Gasteiger partial charge in [-0.15, -0.1) is 0 Å². The first-order valence-corrected chi connectivity index (χ1v) is 6.57. The molecule has 0 radical (unpaired) electrons. The Hall–Kier alpha value is -1.26. The van der Waals surface area contributed by atoms with Crippen LogP contribution in [0.4, 0.5) is 5.69 Å². The number of anilines is 1. The van der Waals surface area contributed by atoms with Gasteiger partial charge >= 0.3 is 0 Å². The molecule has 1 heterocycles. The molecule has 0 aliphatic carbocycles. The fraction of sp³-hybridized carbons (Fsp3) is 0.571. The topological polar surface area (TPSA) is 33.7 Å². The summed E-state index contributed by atoms with van der Waals surface area (Å²) in [4.78, 5) is 2.38. The zero-order valence-corrected chi connectivity index (χ0v) is 11.2. The van der Waals surface area contributed by atoms with Gasteiger partial charge in [-0.05, 0) is 26.1 Å². The van der Waals surface area contributed by atoms with Gasteiger partial charge in [0.15, 0.2) is 0 Å². The van der Waals surface area contributed by atoms with E-state index in [0.29, 0.717) is 12.6 Å². The molecule has 0 spiro atoms. The van der Waals surface area contributed by atoms with Crippen molar-refractivity contribution in [3.8, 4) is 5.75 Å². The van der Waals surface area contributed by atoms with Crippen LogP contribution >= 0.6 is 0 Å². The van der Waals surface area contributed by atoms with Crippen LogP contribution < -0.4 is 15.0 Å². The summed E-state index contributed by atoms with van der Waals surface area (Å²) in [5.41, 5.74) is 1.17. The number of nitrogens with one attached hydrogen (secondary N) is 1. The second-order valence-electron chi connectivity index (χ2n) is 4.38. The minimum absolute atomic E-state index is 0.366. The van der Waals surface area contributed by atoms with Gasteiger partial charge in [-0.1, -0.05) is 12.1 Å². The van der Waals surface area contributed by atoms with E-state index < -0.39 is 0 Å². The van der Waals surface area contributed by atoms with Crippen LogP contribution in [0.1, 0.15) is 6.92 Å². The Balaban J connectivity index is 2.21. The summed E-state index contributed by atoms with van der Waals surface area (Å²) in [5, 5.41) is 3.23. The number of benzene rings is 1. The predicted molar refractivity (Wildman–Crippen MR) is 73.5 cm³/mol. The molecule has 0 saturated carbocycles. The normalized spacial score (nSPS) is 19.9. The molecule has 1 aromatic carbocycles. The molecule has 0 bridgehead atoms. The lowest BCUT2D eigenvalue weighted by Gasteiger charge is -2.38. The molecular formula is C14H22N2O2. The number of ether oxygens (including phenoxy) is 2. The summed E-state index contributed by atoms with van der Waals surface area (Å²) in [5.74, 6) is 0.961. The van der Waals surface area contributed by atoms with Crippen molar-refractivity contribution in [2.45, 2.75) is 13.0 Å². The molecule has 1 aliphatic heterocycles. The Kier molecular flexibility index (Phi) is 4.84. The van der Waals surface area contributed by atoms with E-state index in [4.69, 9.17) is 9.47 Å². The molecule has 1 fully saturated rings. The van der Waals surface area contributed by atoms with Crippen LogP contribution in [0, 0.1) is 0 Å². The maximum absolute atomic E-state index is 5.71. The second-order valence-corrected chi connectivity index (χ2v) is 4.38. The third-order valence-electron chi connectivity index (χ3n) is 3.14. The van der Waals surface area contributed by atoms with Crippen LogP contribution in [0.3, 0.4) is 0 Å². The Labute approximate surface area is 109 Å². The summed E-state index contributed by atoms with van der Waals surface area (Å²) in [6.07, 6.45) is 0. The van der Waals surface area contributed by atoms with Gasteiger partial charge in [0.05, 0.1) is 31.5 Å². The van der Waals surface area contributed by atoms with Gasteiger partial charge in [-0.2, -0.15) is 0 Å². The summed E-state index contributed by atoms with van der Waals surface area (Å²) < 4.78 is 11.3. The molecule has 4 heteroatoms. The van der Waals surface area contributed by atoms with Crippen LogP contribution in [-0.2, 0) is 4.74 Å². The molecule has 4 nitrogen and oxygen atoms in total. The molecule has 100 valence electrons. The van der Waals surface area contributed by atoms with Gasteiger partial charge < -0.3 is 19.7 Å². The lowest BCUT2D eigenvalue weighted by Crippen LogP contribution is -2.50. The Morgan fingerprint density at radius 3 is 3.06 bits per heavy atom. The first-order valence-electron chi connectivity index (χ1n) is 6.57. The molecule has 1 unspecified atom stereocenters. The zero-order valence-electron chi connectivity index (χ0n) is 11.2. The average Bonchev–Trinajstić information content (AvgIpc) is 2.41. The van der Waals surface area contributed by atoms with Gasteiger partial charge in [-0.3, -0.25) is 0 Å². The van der Waals surface area contributed by atoms with E-state index in [9.17, 15) is 0 Å². The highest BCUT2D eigenvalue weighted by molar-refractivity contribution is 5.59. The fourth-order valence-corrected chi connectivity index (χ4v) is 2.35. The maximum atomic E-state index is 5.71. The lowest BCUT2D eigenvalue weighted by atomic mass is 10.1. The lowest BCUT2D eigenvalue weighted by molar-refractivity contribution is 0.0940. The van der Waals surface area contributed by atoms with Crippen molar-refractivity contribution in [1.82, 2.24) is 5.32 Å². The predicted octanol–water partition coefficient (Wildman–Crippen LogP) is 1.51. The summed E-state index contributed by atoms with van der Waals surface area (Å²) >= 11 is 0. The third-order valence-corrected chi connectivity index (χ3v) is 3.14. The summed E-state index contributed by atoms with van der Waals surface area (Å²) in [7, 11) is 1.97. The standard InChI is InChI=1S/C14H22N2O2/c1-3-18-14-7-5-4-6-13(14)16-8-9-17-11-12(16)10-15-2/h4-7,12,15H,3,8-11H2,1-2H3. The van der Waals surface area contributed by atoms with E-state index in [-0.39, 0.29) is 0 Å². The first kappa shape index (κ1) is 13.2. The van der Waals surface area contributed by atoms with Crippen LogP contribution in [0.5, 0.6) is 5.75 Å². The monoisotopic (exact) mass is 250 g/mol. The molecular weight excluding hydrogens is 228 g/mol. The van der Waals surface area contributed by atoms with Crippen LogP contribution in [0.25, 0.3) is 0 Å². The first-order chi connectivity index (χ1) is 8.86. The van der Waals surface area contributed by atoms with Crippen molar-refractivity contribution in [3.05, 3.63) is 24.3 Å². The van der Waals surface area contributed by atoms with Crippen molar-refractivity contribution in [2.75, 3.05) is 44.9 Å². The van der Waals surface area contributed by atoms with Gasteiger partial charge in [0.2, 0.25) is 0 Å². The molecule has 0 amide bonds.